The summed E-state index contributed by atoms with van der Waals surface area (Å²) in [5.41, 5.74) is 0. The quantitative estimate of drug-likeness (QED) is 0.0195. The highest BCUT2D eigenvalue weighted by Gasteiger charge is 2.22. The van der Waals surface area contributed by atoms with Crippen LogP contribution in [0.25, 0.3) is 0 Å². The molecule has 0 aromatic carbocycles. The molecule has 0 aromatic heterocycles. The molecule has 2 atom stereocenters. The molecule has 10 heteroatoms. The van der Waals surface area contributed by atoms with Crippen molar-refractivity contribution < 1.29 is 42.1 Å². The van der Waals surface area contributed by atoms with E-state index in [0.29, 0.717) is 17.4 Å². The second-order valence-corrected chi connectivity index (χ2v) is 33.0. The van der Waals surface area contributed by atoms with Gasteiger partial charge in [0.05, 0.1) is 27.7 Å². The van der Waals surface area contributed by atoms with E-state index in [4.69, 9.17) is 18.5 Å². The van der Waals surface area contributed by atoms with Crippen LogP contribution in [0.15, 0.2) is 109 Å². The van der Waals surface area contributed by atoms with Crippen LogP contribution in [0.1, 0.15) is 431 Å². The molecule has 0 saturated carbocycles. The Balaban J connectivity index is 3.90. The second kappa shape index (κ2) is 84.7. The molecule has 9 nitrogen and oxygen atoms in total. The third-order valence-electron chi connectivity index (χ3n) is 20.1. The molecule has 0 heterocycles. The Bertz CT molecular complexity index is 2150. The summed E-state index contributed by atoms with van der Waals surface area (Å²) in [5.74, 6) is -0.819. The van der Waals surface area contributed by atoms with Gasteiger partial charge in [-0.3, -0.25) is 14.2 Å². The van der Waals surface area contributed by atoms with Gasteiger partial charge in [0.2, 0.25) is 0 Å². The van der Waals surface area contributed by atoms with Crippen LogP contribution in [0.2, 0.25) is 0 Å². The summed E-state index contributed by atoms with van der Waals surface area (Å²) in [6.45, 7) is 4.19. The van der Waals surface area contributed by atoms with Crippen molar-refractivity contribution in [2.24, 2.45) is 0 Å². The summed E-state index contributed by atoms with van der Waals surface area (Å²) in [4.78, 5) is 38.3. The minimum absolute atomic E-state index is 0.0323. The fourth-order valence-corrected chi connectivity index (χ4v) is 14.0. The fourth-order valence-electron chi connectivity index (χ4n) is 13.2. The molecule has 0 fully saturated rings. The van der Waals surface area contributed by atoms with Crippen molar-refractivity contribution in [2.75, 3.05) is 47.5 Å². The van der Waals surface area contributed by atoms with E-state index in [0.717, 1.165) is 96.3 Å². The molecule has 0 aromatic rings. The minimum atomic E-state index is -4.65. The predicted molar refractivity (Wildman–Crippen MR) is 457 cm³/mol. The molecule has 0 spiro atoms. The zero-order valence-electron chi connectivity index (χ0n) is 69.9. The zero-order chi connectivity index (χ0) is 76.1. The van der Waals surface area contributed by atoms with Crippen molar-refractivity contribution in [1.29, 1.82) is 0 Å². The maximum absolute atomic E-state index is 12.9. The van der Waals surface area contributed by atoms with Gasteiger partial charge in [0.1, 0.15) is 19.8 Å². The first-order valence-electron chi connectivity index (χ1n) is 45.1. The predicted octanol–water partition coefficient (Wildman–Crippen LogP) is 30.1. The molecule has 0 N–H and O–H groups in total. The number of likely N-dealkylation sites (N-methyl/N-ethyl adjacent to an activating group) is 1. The lowest BCUT2D eigenvalue weighted by Gasteiger charge is -2.28. The number of phosphoric acid groups is 1. The summed E-state index contributed by atoms with van der Waals surface area (Å²) >= 11 is 0. The molecule has 105 heavy (non-hydrogen) atoms. The lowest BCUT2D eigenvalue weighted by molar-refractivity contribution is -0.870. The third kappa shape index (κ3) is 89.5. The van der Waals surface area contributed by atoms with E-state index in [9.17, 15) is 19.0 Å². The smallest absolute Gasteiger partial charge is 0.306 e. The van der Waals surface area contributed by atoms with Gasteiger partial charge in [-0.2, -0.15) is 0 Å². The Morgan fingerprint density at radius 2 is 0.543 bits per heavy atom. The van der Waals surface area contributed by atoms with Gasteiger partial charge in [0, 0.05) is 12.8 Å². The van der Waals surface area contributed by atoms with Crippen LogP contribution in [0.5, 0.6) is 0 Å². The molecule has 0 aliphatic rings. The molecular weight excluding hydrogens is 1310 g/mol. The van der Waals surface area contributed by atoms with Crippen LogP contribution in [0.4, 0.5) is 0 Å². The summed E-state index contributed by atoms with van der Waals surface area (Å²) in [5, 5.41) is 0. The summed E-state index contributed by atoms with van der Waals surface area (Å²) in [6, 6.07) is 0. The maximum Gasteiger partial charge on any atom is 0.306 e. The van der Waals surface area contributed by atoms with E-state index in [1.165, 1.54) is 302 Å². The van der Waals surface area contributed by atoms with Crippen LogP contribution in [-0.2, 0) is 32.7 Å². The highest BCUT2D eigenvalue weighted by atomic mass is 31.2. The van der Waals surface area contributed by atoms with Gasteiger partial charge in [0.15, 0.2) is 6.10 Å². The van der Waals surface area contributed by atoms with Crippen molar-refractivity contribution in [2.45, 2.75) is 437 Å². The van der Waals surface area contributed by atoms with Crippen molar-refractivity contribution in [3.63, 3.8) is 0 Å². The number of ether oxygens (including phenoxy) is 2. The molecular formula is C95H172NO8P. The first-order chi connectivity index (χ1) is 51.5. The highest BCUT2D eigenvalue weighted by Crippen LogP contribution is 2.38. The van der Waals surface area contributed by atoms with Crippen LogP contribution in [0, 0.1) is 0 Å². The number of nitrogens with zero attached hydrogens (tertiary/aromatic N) is 1. The molecule has 0 aliphatic heterocycles. The summed E-state index contributed by atoms with van der Waals surface area (Å²) in [6.07, 6.45) is 121. The van der Waals surface area contributed by atoms with Crippen LogP contribution in [-0.4, -0.2) is 70.0 Å². The van der Waals surface area contributed by atoms with Crippen molar-refractivity contribution >= 4 is 19.8 Å². The van der Waals surface area contributed by atoms with Gasteiger partial charge < -0.3 is 27.9 Å². The molecule has 0 rings (SSSR count). The van der Waals surface area contributed by atoms with Gasteiger partial charge in [-0.15, -0.1) is 0 Å². The first kappa shape index (κ1) is 102. The highest BCUT2D eigenvalue weighted by molar-refractivity contribution is 7.45. The first-order valence-corrected chi connectivity index (χ1v) is 46.6. The van der Waals surface area contributed by atoms with Gasteiger partial charge >= 0.3 is 11.9 Å². The number of carbonyl (C=O) groups excluding carboxylic acids is 2. The largest absolute Gasteiger partial charge is 0.756 e. The van der Waals surface area contributed by atoms with Crippen molar-refractivity contribution in [3.8, 4) is 0 Å². The van der Waals surface area contributed by atoms with Crippen molar-refractivity contribution in [3.05, 3.63) is 109 Å². The lowest BCUT2D eigenvalue weighted by Crippen LogP contribution is -2.37. The molecule has 2 unspecified atom stereocenters. The average Bonchev–Trinajstić information content (AvgIpc) is 0.935. The Morgan fingerprint density at radius 1 is 0.305 bits per heavy atom. The number of carbonyl (C=O) groups is 2. The van der Waals surface area contributed by atoms with Crippen LogP contribution in [0.3, 0.4) is 0 Å². The standard InChI is InChI=1S/C95H172NO8P/c1-6-8-10-12-14-16-18-20-22-24-26-28-30-32-34-36-38-40-42-44-46-48-50-52-54-56-58-60-62-64-66-68-70-72-74-76-78-80-82-84-86-88-95(98)104-93(92-103-105(99,100)102-90-89-96(3,4)5)91-101-94(97)87-85-83-81-79-77-75-73-71-69-67-65-63-61-59-57-55-53-51-49-47-45-43-41-39-37-35-33-31-29-27-25-23-21-19-17-15-13-11-9-7-2/h8,10,14,16,20,22,26,28,32,34,38,40,44,46,50,52,56,58,93H,6-7,9,11-13,15,17-19,21,23-25,27,29-31,33,35-37,39,41-43,45,47-49,51,53-55,57,59-92H2,1-5H3/b10-8-,16-14-,22-20-,28-26-,34-32-,40-38-,46-44-,52-50-,58-56-. The van der Waals surface area contributed by atoms with E-state index in [1.807, 2.05) is 21.1 Å². The number of unbranched alkanes of at least 4 members (excludes halogenated alkanes) is 52. The van der Waals surface area contributed by atoms with E-state index in [1.54, 1.807) is 0 Å². The van der Waals surface area contributed by atoms with Gasteiger partial charge in [-0.05, 0) is 83.5 Å². The van der Waals surface area contributed by atoms with E-state index >= 15 is 0 Å². The Kier molecular flexibility index (Phi) is 82.0. The number of esters is 2. The zero-order valence-corrected chi connectivity index (χ0v) is 70.8. The minimum Gasteiger partial charge on any atom is -0.756 e. The maximum atomic E-state index is 12.9. The Labute approximate surface area is 652 Å². The Hall–Kier alpha value is -3.33. The lowest BCUT2D eigenvalue weighted by atomic mass is 10.0. The van der Waals surface area contributed by atoms with E-state index in [-0.39, 0.29) is 32.0 Å². The summed E-state index contributed by atoms with van der Waals surface area (Å²) in [7, 11) is 1.18. The third-order valence-corrected chi connectivity index (χ3v) is 21.0. The van der Waals surface area contributed by atoms with Crippen molar-refractivity contribution in [1.82, 2.24) is 0 Å². The SMILES string of the molecule is CC/C=C\C/C=C\C/C=C\C/C=C\C/C=C\C/C=C\C/C=C\C/C=C\C/C=C\CCCCCCCCCCCCCCCC(=O)OC(COC(=O)CCCCCCCCCCCCCCCCCCCCCCCCCCCCCCCCCCCCCCCCCC)COP(=O)([O-])OCC[N+](C)(C)C. The molecule has 0 radical (unpaired) electrons. The van der Waals surface area contributed by atoms with Crippen LogP contribution >= 0.6 is 7.82 Å². The molecule has 610 valence electrons. The number of allylic oxidation sites excluding steroid dienone is 18. The molecule has 0 saturated heterocycles. The number of hydrogen-bond donors (Lipinski definition) is 0. The monoisotopic (exact) mass is 1490 g/mol. The Morgan fingerprint density at radius 3 is 0.810 bits per heavy atom. The molecule has 0 amide bonds. The fraction of sp³-hybridized carbons (Fsp3) is 0.789. The van der Waals surface area contributed by atoms with Gasteiger partial charge in [-0.1, -0.05) is 444 Å². The molecule has 0 aliphatic carbocycles. The van der Waals surface area contributed by atoms with Gasteiger partial charge in [0.25, 0.3) is 7.82 Å². The topological polar surface area (TPSA) is 111 Å². The normalized spacial score (nSPS) is 13.5. The summed E-state index contributed by atoms with van der Waals surface area (Å²) < 4.78 is 34.5. The number of hydrogen-bond acceptors (Lipinski definition) is 8. The second-order valence-electron chi connectivity index (χ2n) is 31.6. The van der Waals surface area contributed by atoms with Gasteiger partial charge in [-0.25, -0.2) is 0 Å². The number of quaternary nitrogens is 1. The average molecular weight is 1490 g/mol. The van der Waals surface area contributed by atoms with Crippen LogP contribution < -0.4 is 4.89 Å². The van der Waals surface area contributed by atoms with E-state index < -0.39 is 26.5 Å². The van der Waals surface area contributed by atoms with E-state index in [2.05, 4.69) is 123 Å². The number of rotatable bonds is 84. The number of phosphoric ester groups is 1. The molecule has 0 bridgehead atoms.